The minimum atomic E-state index is -0.667. The van der Waals surface area contributed by atoms with Crippen LogP contribution in [0.5, 0.6) is 0 Å². The van der Waals surface area contributed by atoms with Crippen LogP contribution in [-0.4, -0.2) is 10.9 Å². The molecule has 1 heterocycles. The van der Waals surface area contributed by atoms with Gasteiger partial charge in [0, 0.05) is 34.2 Å². The molecular weight excluding hydrogens is 362 g/mol. The Kier molecular flexibility index (Phi) is 4.73. The van der Waals surface area contributed by atoms with Gasteiger partial charge in [-0.15, -0.1) is 0 Å². The number of nitro benzene ring substituents is 1. The summed E-state index contributed by atoms with van der Waals surface area (Å²) in [4.78, 5) is 33.9. The van der Waals surface area contributed by atoms with Gasteiger partial charge in [-0.25, -0.2) is 9.59 Å². The van der Waals surface area contributed by atoms with Gasteiger partial charge in [0.2, 0.25) is 0 Å². The summed E-state index contributed by atoms with van der Waals surface area (Å²) >= 11 is 6.12. The molecule has 8 heteroatoms. The first-order valence-electron chi connectivity index (χ1n) is 7.49. The lowest BCUT2D eigenvalue weighted by molar-refractivity contribution is -0.384. The van der Waals surface area contributed by atoms with Gasteiger partial charge < -0.3 is 9.15 Å². The number of esters is 1. The minimum absolute atomic E-state index is 0.127. The summed E-state index contributed by atoms with van der Waals surface area (Å²) in [6.07, 6.45) is 0. The molecule has 0 fully saturated rings. The molecule has 0 unspecified atom stereocenters. The number of fused-ring (bicyclic) bond motifs is 1. The third-order valence-electron chi connectivity index (χ3n) is 3.78. The first-order chi connectivity index (χ1) is 12.3. The fraction of sp³-hybridized carbons (Fsp3) is 0.111. The molecule has 0 radical (unpaired) electrons. The first-order valence-corrected chi connectivity index (χ1v) is 7.87. The Hall–Kier alpha value is -3.19. The highest BCUT2D eigenvalue weighted by molar-refractivity contribution is 6.32. The summed E-state index contributed by atoms with van der Waals surface area (Å²) in [7, 11) is 0. The minimum Gasteiger partial charge on any atom is -0.457 e. The fourth-order valence-corrected chi connectivity index (χ4v) is 2.58. The van der Waals surface area contributed by atoms with Gasteiger partial charge in [-0.2, -0.15) is 0 Å². The molecule has 0 bridgehead atoms. The van der Waals surface area contributed by atoms with E-state index < -0.39 is 16.5 Å². The first kappa shape index (κ1) is 17.6. The van der Waals surface area contributed by atoms with Crippen molar-refractivity contribution in [3.63, 3.8) is 0 Å². The van der Waals surface area contributed by atoms with Gasteiger partial charge >= 0.3 is 11.6 Å². The molecule has 2 aromatic carbocycles. The lowest BCUT2D eigenvalue weighted by Gasteiger charge is -2.08. The monoisotopic (exact) mass is 373 g/mol. The molecule has 3 aromatic rings. The van der Waals surface area contributed by atoms with Crippen molar-refractivity contribution in [3.8, 4) is 0 Å². The predicted octanol–water partition coefficient (Wildman–Crippen LogP) is 4.02. The van der Waals surface area contributed by atoms with E-state index in [1.54, 1.807) is 19.1 Å². The Morgan fingerprint density at radius 1 is 1.23 bits per heavy atom. The largest absolute Gasteiger partial charge is 0.457 e. The van der Waals surface area contributed by atoms with Crippen LogP contribution in [0.2, 0.25) is 5.02 Å². The molecule has 0 spiro atoms. The summed E-state index contributed by atoms with van der Waals surface area (Å²) in [5, 5.41) is 11.7. The lowest BCUT2D eigenvalue weighted by atomic mass is 10.1. The SMILES string of the molecule is Cc1cc2oc(=O)cc(COC(=O)c3ccc([N+](=O)[O-])cc3)c2cc1Cl. The Morgan fingerprint density at radius 3 is 2.58 bits per heavy atom. The van der Waals surface area contributed by atoms with Gasteiger partial charge in [0.1, 0.15) is 12.2 Å². The lowest BCUT2D eigenvalue weighted by Crippen LogP contribution is -2.08. The van der Waals surface area contributed by atoms with Crippen LogP contribution in [0.3, 0.4) is 0 Å². The van der Waals surface area contributed by atoms with Crippen molar-refractivity contribution in [2.75, 3.05) is 0 Å². The maximum absolute atomic E-state index is 12.1. The van der Waals surface area contributed by atoms with E-state index >= 15 is 0 Å². The molecule has 26 heavy (non-hydrogen) atoms. The van der Waals surface area contributed by atoms with E-state index in [1.807, 2.05) is 0 Å². The molecule has 0 amide bonds. The molecule has 0 N–H and O–H groups in total. The molecule has 3 rings (SSSR count). The zero-order valence-electron chi connectivity index (χ0n) is 13.5. The molecule has 1 aromatic heterocycles. The standard InChI is InChI=1S/C18H12ClNO6/c1-10-6-16-14(8-15(10)19)12(7-17(21)26-16)9-25-18(22)11-2-4-13(5-3-11)20(23)24/h2-8H,9H2,1H3. The molecule has 0 aliphatic heterocycles. The number of nitro groups is 1. The van der Waals surface area contributed by atoms with Crippen LogP contribution in [0.15, 0.2) is 51.7 Å². The van der Waals surface area contributed by atoms with Crippen molar-refractivity contribution in [3.05, 3.63) is 84.7 Å². The van der Waals surface area contributed by atoms with E-state index in [-0.39, 0.29) is 17.9 Å². The number of hydrogen-bond donors (Lipinski definition) is 0. The van der Waals surface area contributed by atoms with Gasteiger partial charge in [0.05, 0.1) is 10.5 Å². The van der Waals surface area contributed by atoms with Crippen molar-refractivity contribution in [2.24, 2.45) is 0 Å². The smallest absolute Gasteiger partial charge is 0.338 e. The second-order valence-corrected chi connectivity index (χ2v) is 5.98. The van der Waals surface area contributed by atoms with E-state index in [0.717, 1.165) is 5.56 Å². The molecule has 0 atom stereocenters. The van der Waals surface area contributed by atoms with E-state index in [4.69, 9.17) is 20.8 Å². The third-order valence-corrected chi connectivity index (χ3v) is 4.19. The van der Waals surface area contributed by atoms with Crippen LogP contribution in [0.4, 0.5) is 5.69 Å². The van der Waals surface area contributed by atoms with E-state index in [9.17, 15) is 19.7 Å². The van der Waals surface area contributed by atoms with Crippen molar-refractivity contribution >= 4 is 34.2 Å². The number of halogens is 1. The average Bonchev–Trinajstić information content (AvgIpc) is 2.61. The zero-order chi connectivity index (χ0) is 18.8. The highest BCUT2D eigenvalue weighted by Crippen LogP contribution is 2.25. The van der Waals surface area contributed by atoms with Crippen molar-refractivity contribution in [2.45, 2.75) is 13.5 Å². The number of benzene rings is 2. The maximum atomic E-state index is 12.1. The molecular formula is C18H12ClNO6. The zero-order valence-corrected chi connectivity index (χ0v) is 14.3. The van der Waals surface area contributed by atoms with Gasteiger partial charge in [0.15, 0.2) is 0 Å². The Labute approximate surface area is 151 Å². The number of nitrogens with zero attached hydrogens (tertiary/aromatic N) is 1. The summed E-state index contributed by atoms with van der Waals surface area (Å²) in [5.74, 6) is -0.667. The highest BCUT2D eigenvalue weighted by Gasteiger charge is 2.13. The maximum Gasteiger partial charge on any atom is 0.338 e. The Balaban J connectivity index is 1.85. The fourth-order valence-electron chi connectivity index (χ4n) is 2.41. The van der Waals surface area contributed by atoms with Gasteiger partial charge in [-0.05, 0) is 36.8 Å². The second-order valence-electron chi connectivity index (χ2n) is 5.57. The van der Waals surface area contributed by atoms with E-state index in [1.165, 1.54) is 30.3 Å². The summed E-state index contributed by atoms with van der Waals surface area (Å²) in [6, 6.07) is 9.55. The van der Waals surface area contributed by atoms with Crippen LogP contribution in [0, 0.1) is 17.0 Å². The van der Waals surface area contributed by atoms with Gasteiger partial charge in [-0.3, -0.25) is 10.1 Å². The number of aryl methyl sites for hydroxylation is 1. The van der Waals surface area contributed by atoms with Crippen LogP contribution in [0.1, 0.15) is 21.5 Å². The topological polar surface area (TPSA) is 99.7 Å². The van der Waals surface area contributed by atoms with Gasteiger partial charge in [-0.1, -0.05) is 11.6 Å². The molecule has 0 saturated heterocycles. The second kappa shape index (κ2) is 6.97. The molecule has 0 aliphatic carbocycles. The number of carbonyl (C=O) groups excluding carboxylic acids is 1. The predicted molar refractivity (Wildman–Crippen MR) is 94.4 cm³/mol. The average molecular weight is 374 g/mol. The molecule has 7 nitrogen and oxygen atoms in total. The van der Waals surface area contributed by atoms with Gasteiger partial charge in [0.25, 0.3) is 5.69 Å². The van der Waals surface area contributed by atoms with Crippen molar-refractivity contribution < 1.29 is 18.9 Å². The number of rotatable bonds is 4. The number of ether oxygens (including phenoxy) is 1. The highest BCUT2D eigenvalue weighted by atomic mass is 35.5. The quantitative estimate of drug-likeness (QED) is 0.296. The summed E-state index contributed by atoms with van der Waals surface area (Å²) in [6.45, 7) is 1.61. The molecule has 0 aliphatic rings. The van der Waals surface area contributed by atoms with E-state index in [0.29, 0.717) is 21.6 Å². The summed E-state index contributed by atoms with van der Waals surface area (Å²) < 4.78 is 10.4. The van der Waals surface area contributed by atoms with Crippen LogP contribution in [-0.2, 0) is 11.3 Å². The van der Waals surface area contributed by atoms with Crippen LogP contribution < -0.4 is 5.63 Å². The number of non-ortho nitro benzene ring substituents is 1. The Morgan fingerprint density at radius 2 is 1.92 bits per heavy atom. The van der Waals surface area contributed by atoms with Crippen molar-refractivity contribution in [1.82, 2.24) is 0 Å². The molecule has 132 valence electrons. The van der Waals surface area contributed by atoms with Crippen LogP contribution in [0.25, 0.3) is 11.0 Å². The third kappa shape index (κ3) is 3.57. The van der Waals surface area contributed by atoms with E-state index in [2.05, 4.69) is 0 Å². The molecule has 0 saturated carbocycles. The number of carbonyl (C=O) groups is 1. The Bertz CT molecular complexity index is 1070. The number of hydrogen-bond acceptors (Lipinski definition) is 6. The van der Waals surface area contributed by atoms with Crippen LogP contribution >= 0.6 is 11.6 Å². The normalized spacial score (nSPS) is 10.7. The van der Waals surface area contributed by atoms with Crippen molar-refractivity contribution in [1.29, 1.82) is 0 Å². The summed E-state index contributed by atoms with van der Waals surface area (Å²) in [5.41, 5.74) is 1.02.